The molecule has 0 aliphatic rings. The molecule has 2 aromatic rings. The second kappa shape index (κ2) is 7.11. The van der Waals surface area contributed by atoms with Gasteiger partial charge in [0.15, 0.2) is 5.82 Å². The van der Waals surface area contributed by atoms with Crippen LogP contribution >= 0.6 is 23.4 Å². The number of benzene rings is 1. The molecule has 1 heterocycles. The number of nitrogens with zero attached hydrogens (tertiary/aromatic N) is 4. The Morgan fingerprint density at radius 3 is 2.71 bits per heavy atom. The van der Waals surface area contributed by atoms with Gasteiger partial charge in [-0.1, -0.05) is 44.1 Å². The minimum atomic E-state index is -0.235. The summed E-state index contributed by atoms with van der Waals surface area (Å²) in [6, 6.07) is 6.67. The number of thioether (sulfide) groups is 1. The fourth-order valence-corrected chi connectivity index (χ4v) is 2.78. The fraction of sp³-hybridized carbons (Fsp3) is 0.333. The van der Waals surface area contributed by atoms with Crippen molar-refractivity contribution in [2.45, 2.75) is 31.3 Å². The molecule has 0 atom stereocenters. The normalized spacial score (nSPS) is 11.1. The summed E-state index contributed by atoms with van der Waals surface area (Å²) < 4.78 is 1.40. The summed E-state index contributed by atoms with van der Waals surface area (Å²) >= 11 is 7.13. The van der Waals surface area contributed by atoms with Gasteiger partial charge in [-0.15, -0.1) is 10.2 Å². The molecular weight excluding hydrogens is 348 g/mol. The van der Waals surface area contributed by atoms with Crippen LogP contribution in [0, 0.1) is 11.3 Å². The highest BCUT2D eigenvalue weighted by atomic mass is 35.5. The van der Waals surface area contributed by atoms with Crippen molar-refractivity contribution in [3.8, 4) is 6.07 Å². The third-order valence-corrected chi connectivity index (χ3v) is 4.30. The van der Waals surface area contributed by atoms with Crippen molar-refractivity contribution in [1.82, 2.24) is 14.9 Å². The second-order valence-electron chi connectivity index (χ2n) is 6.07. The summed E-state index contributed by atoms with van der Waals surface area (Å²) in [5.74, 6) is 6.50. The minimum Gasteiger partial charge on any atom is -0.336 e. The lowest BCUT2D eigenvalue weighted by molar-refractivity contribution is -0.113. The lowest BCUT2D eigenvalue weighted by Crippen LogP contribution is -2.24. The summed E-state index contributed by atoms with van der Waals surface area (Å²) in [4.78, 5) is 12.0. The minimum absolute atomic E-state index is 0.122. The molecule has 7 nitrogen and oxygen atoms in total. The highest BCUT2D eigenvalue weighted by molar-refractivity contribution is 7.99. The van der Waals surface area contributed by atoms with Crippen molar-refractivity contribution in [3.05, 3.63) is 34.6 Å². The number of hydrogen-bond acceptors (Lipinski definition) is 6. The molecule has 0 aliphatic heterocycles. The van der Waals surface area contributed by atoms with Crippen LogP contribution in [0.1, 0.15) is 32.2 Å². The van der Waals surface area contributed by atoms with E-state index >= 15 is 0 Å². The summed E-state index contributed by atoms with van der Waals surface area (Å²) in [7, 11) is 0. The van der Waals surface area contributed by atoms with Gasteiger partial charge in [-0.25, -0.2) is 4.68 Å². The topological polar surface area (TPSA) is 110 Å². The maximum absolute atomic E-state index is 12.0. The quantitative estimate of drug-likeness (QED) is 0.637. The van der Waals surface area contributed by atoms with Crippen molar-refractivity contribution in [2.75, 3.05) is 16.9 Å². The van der Waals surface area contributed by atoms with Gasteiger partial charge < -0.3 is 11.2 Å². The van der Waals surface area contributed by atoms with Crippen LogP contribution in [0.3, 0.4) is 0 Å². The van der Waals surface area contributed by atoms with Crippen molar-refractivity contribution in [2.24, 2.45) is 0 Å². The number of nitrogens with one attached hydrogen (secondary N) is 1. The van der Waals surface area contributed by atoms with Crippen LogP contribution in [0.15, 0.2) is 23.4 Å². The van der Waals surface area contributed by atoms with E-state index in [0.717, 1.165) is 0 Å². The Kier molecular flexibility index (Phi) is 5.36. The summed E-state index contributed by atoms with van der Waals surface area (Å²) in [6.45, 7) is 5.95. The smallest absolute Gasteiger partial charge is 0.234 e. The first kappa shape index (κ1) is 18.1. The molecule has 2 rings (SSSR count). The van der Waals surface area contributed by atoms with Crippen molar-refractivity contribution < 1.29 is 4.79 Å². The average Bonchev–Trinajstić information content (AvgIpc) is 2.86. The molecule has 0 saturated carbocycles. The zero-order valence-corrected chi connectivity index (χ0v) is 15.1. The number of carbonyl (C=O) groups is 1. The third kappa shape index (κ3) is 4.19. The maximum atomic E-state index is 12.0. The van der Waals surface area contributed by atoms with Gasteiger partial charge in [0.2, 0.25) is 11.1 Å². The van der Waals surface area contributed by atoms with E-state index in [2.05, 4.69) is 15.5 Å². The Bertz CT molecular complexity index is 805. The van der Waals surface area contributed by atoms with Crippen molar-refractivity contribution in [3.63, 3.8) is 0 Å². The lowest BCUT2D eigenvalue weighted by atomic mass is 9.96. The number of anilines is 1. The van der Waals surface area contributed by atoms with Gasteiger partial charge >= 0.3 is 0 Å². The van der Waals surface area contributed by atoms with Crippen LogP contribution in [-0.2, 0) is 10.2 Å². The number of halogens is 1. The summed E-state index contributed by atoms with van der Waals surface area (Å²) in [5.41, 5.74) is 0.645. The molecule has 0 spiro atoms. The van der Waals surface area contributed by atoms with E-state index in [4.69, 9.17) is 22.7 Å². The molecule has 1 aromatic carbocycles. The molecular formula is C15H17ClN6OS. The largest absolute Gasteiger partial charge is 0.336 e. The van der Waals surface area contributed by atoms with E-state index in [0.29, 0.717) is 27.3 Å². The molecule has 0 bridgehead atoms. The van der Waals surface area contributed by atoms with Gasteiger partial charge in [0.1, 0.15) is 6.07 Å². The monoisotopic (exact) mass is 364 g/mol. The third-order valence-electron chi connectivity index (χ3n) is 3.04. The van der Waals surface area contributed by atoms with Crippen LogP contribution < -0.4 is 11.2 Å². The van der Waals surface area contributed by atoms with E-state index < -0.39 is 0 Å². The zero-order chi connectivity index (χ0) is 17.9. The van der Waals surface area contributed by atoms with Crippen molar-refractivity contribution >= 4 is 35.0 Å². The number of amides is 1. The van der Waals surface area contributed by atoms with E-state index in [-0.39, 0.29) is 17.1 Å². The predicted molar refractivity (Wildman–Crippen MR) is 94.4 cm³/mol. The Hall–Kier alpha value is -2.24. The van der Waals surface area contributed by atoms with Gasteiger partial charge in [-0.05, 0) is 18.2 Å². The molecule has 3 N–H and O–H groups in total. The molecule has 0 saturated heterocycles. The number of carbonyl (C=O) groups excluding carboxylic acids is 1. The Morgan fingerprint density at radius 2 is 2.17 bits per heavy atom. The predicted octanol–water partition coefficient (Wildman–Crippen LogP) is 2.55. The van der Waals surface area contributed by atoms with E-state index in [1.807, 2.05) is 26.8 Å². The molecule has 1 aromatic heterocycles. The average molecular weight is 365 g/mol. The summed E-state index contributed by atoms with van der Waals surface area (Å²) in [5, 5.41) is 20.4. The highest BCUT2D eigenvalue weighted by Gasteiger charge is 2.23. The molecule has 0 fully saturated rings. The van der Waals surface area contributed by atoms with Gasteiger partial charge in [0.25, 0.3) is 0 Å². The first-order chi connectivity index (χ1) is 11.2. The number of aromatic nitrogens is 3. The van der Waals surface area contributed by atoms with Gasteiger partial charge in [-0.3, -0.25) is 4.79 Å². The van der Waals surface area contributed by atoms with Crippen LogP contribution in [-0.4, -0.2) is 26.5 Å². The molecule has 126 valence electrons. The molecule has 1 amide bonds. The van der Waals surface area contributed by atoms with Crippen LogP contribution in [0.25, 0.3) is 0 Å². The molecule has 0 unspecified atom stereocenters. The van der Waals surface area contributed by atoms with Crippen LogP contribution in [0.4, 0.5) is 5.69 Å². The zero-order valence-electron chi connectivity index (χ0n) is 13.5. The van der Waals surface area contributed by atoms with E-state index in [1.165, 1.54) is 22.5 Å². The molecule has 0 radical (unpaired) electrons. The first-order valence-corrected chi connectivity index (χ1v) is 8.42. The Morgan fingerprint density at radius 1 is 1.46 bits per heavy atom. The Labute approximate surface area is 149 Å². The molecule has 0 aliphatic carbocycles. The van der Waals surface area contributed by atoms with Gasteiger partial charge in [0, 0.05) is 11.1 Å². The number of rotatable bonds is 4. The van der Waals surface area contributed by atoms with Crippen LogP contribution in [0.2, 0.25) is 5.02 Å². The van der Waals surface area contributed by atoms with Crippen LogP contribution in [0.5, 0.6) is 0 Å². The Balaban J connectivity index is 1.98. The lowest BCUT2D eigenvalue weighted by Gasteiger charge is -2.16. The molecule has 9 heteroatoms. The van der Waals surface area contributed by atoms with Gasteiger partial charge in [-0.2, -0.15) is 5.26 Å². The van der Waals surface area contributed by atoms with E-state index in [1.54, 1.807) is 12.1 Å². The van der Waals surface area contributed by atoms with E-state index in [9.17, 15) is 4.79 Å². The first-order valence-electron chi connectivity index (χ1n) is 7.05. The maximum Gasteiger partial charge on any atom is 0.234 e. The number of nitriles is 1. The fourth-order valence-electron chi connectivity index (χ4n) is 1.90. The van der Waals surface area contributed by atoms with Crippen molar-refractivity contribution in [1.29, 1.82) is 5.26 Å². The summed E-state index contributed by atoms with van der Waals surface area (Å²) in [6.07, 6.45) is 0. The number of nitrogens with two attached hydrogens (primary N) is 1. The number of hydrogen-bond donors (Lipinski definition) is 2. The second-order valence-corrected chi connectivity index (χ2v) is 7.42. The van der Waals surface area contributed by atoms with Gasteiger partial charge in [0.05, 0.1) is 16.3 Å². The molecule has 24 heavy (non-hydrogen) atoms. The standard InChI is InChI=1S/C15H17ClN6OS/c1-15(2,3)13-20-21-14(22(13)18)24-8-12(23)19-10-5-4-9(7-17)11(16)6-10/h4-6H,8,18H2,1-3H3,(H,19,23). The SMILES string of the molecule is CC(C)(C)c1nnc(SCC(=O)Nc2ccc(C#N)c(Cl)c2)n1N. The number of nitrogen functional groups attached to an aromatic ring is 1. The highest BCUT2D eigenvalue weighted by Crippen LogP contribution is 2.24.